The van der Waals surface area contributed by atoms with Crippen LogP contribution in [-0.2, 0) is 0 Å². The molecule has 0 fully saturated rings. The van der Waals surface area contributed by atoms with Gasteiger partial charge in [0.1, 0.15) is 10.9 Å². The molecular weight excluding hydrogens is 340 g/mol. The predicted molar refractivity (Wildman–Crippen MR) is 95.6 cm³/mol. The molecule has 124 valence electrons. The highest BCUT2D eigenvalue weighted by atomic mass is 35.5. The second kappa shape index (κ2) is 5.57. The Morgan fingerprint density at radius 2 is 1.68 bits per heavy atom. The molecule has 2 amide bonds. The van der Waals surface area contributed by atoms with Crippen LogP contribution in [0.2, 0.25) is 5.15 Å². The van der Waals surface area contributed by atoms with Crippen LogP contribution in [0.4, 0.5) is 5.69 Å². The second-order valence-corrected chi connectivity index (χ2v) is 6.18. The molecule has 1 aliphatic rings. The van der Waals surface area contributed by atoms with Crippen molar-refractivity contribution in [3.63, 3.8) is 0 Å². The predicted octanol–water partition coefficient (Wildman–Crippen LogP) is 4.01. The first-order valence-electron chi connectivity index (χ1n) is 7.64. The maximum absolute atomic E-state index is 12.8. The normalized spacial score (nSPS) is 13.5. The fraction of sp³-hybridized carbons (Fsp3) is 0.105. The monoisotopic (exact) mass is 352 g/mol. The van der Waals surface area contributed by atoms with Crippen LogP contribution < -0.4 is 9.64 Å². The van der Waals surface area contributed by atoms with Gasteiger partial charge < -0.3 is 4.74 Å². The van der Waals surface area contributed by atoms with E-state index in [1.54, 1.807) is 36.4 Å². The number of anilines is 1. The Morgan fingerprint density at radius 3 is 2.28 bits per heavy atom. The maximum Gasteiger partial charge on any atom is 0.266 e. The number of benzene rings is 2. The molecular formula is C19H13ClN2O3. The van der Waals surface area contributed by atoms with Crippen LogP contribution in [0.3, 0.4) is 0 Å². The lowest BCUT2D eigenvalue weighted by atomic mass is 10.1. The first-order valence-corrected chi connectivity index (χ1v) is 8.02. The fourth-order valence-electron chi connectivity index (χ4n) is 3.10. The summed E-state index contributed by atoms with van der Waals surface area (Å²) in [5, 5.41) is 1.07. The minimum Gasteiger partial charge on any atom is -0.497 e. The lowest BCUT2D eigenvalue weighted by Gasteiger charge is -2.18. The number of ether oxygens (including phenoxy) is 1. The number of amides is 2. The molecule has 2 aromatic carbocycles. The van der Waals surface area contributed by atoms with E-state index in [2.05, 4.69) is 4.98 Å². The summed E-state index contributed by atoms with van der Waals surface area (Å²) in [6.45, 7) is 1.89. The molecule has 0 N–H and O–H groups in total. The van der Waals surface area contributed by atoms with Gasteiger partial charge in [0, 0.05) is 11.5 Å². The van der Waals surface area contributed by atoms with Crippen LogP contribution in [0.15, 0.2) is 42.5 Å². The van der Waals surface area contributed by atoms with Gasteiger partial charge in [-0.3, -0.25) is 9.59 Å². The van der Waals surface area contributed by atoms with Gasteiger partial charge in [-0.25, -0.2) is 9.88 Å². The molecule has 0 atom stereocenters. The molecule has 0 bridgehead atoms. The summed E-state index contributed by atoms with van der Waals surface area (Å²) in [7, 11) is 1.53. The molecule has 3 aromatic rings. The van der Waals surface area contributed by atoms with E-state index >= 15 is 0 Å². The van der Waals surface area contributed by atoms with Crippen molar-refractivity contribution in [1.29, 1.82) is 0 Å². The van der Waals surface area contributed by atoms with Gasteiger partial charge in [-0.15, -0.1) is 0 Å². The van der Waals surface area contributed by atoms with Crippen molar-refractivity contribution in [3.8, 4) is 5.75 Å². The lowest BCUT2D eigenvalue weighted by molar-refractivity contribution is 0.0926. The standard InChI is InChI=1S/C19H13ClN2O3/c1-10-7-16(20)21-17-14(10)8-11(25-2)9-15(17)22-18(23)12-5-3-4-6-13(12)19(22)24/h3-9H,1-2H3. The van der Waals surface area contributed by atoms with E-state index in [9.17, 15) is 9.59 Å². The number of hydrogen-bond donors (Lipinski definition) is 0. The molecule has 0 spiro atoms. The van der Waals surface area contributed by atoms with Gasteiger partial charge in [0.15, 0.2) is 0 Å². The van der Waals surface area contributed by atoms with E-state index < -0.39 is 0 Å². The number of pyridine rings is 1. The Hall–Kier alpha value is -2.92. The third-order valence-electron chi connectivity index (χ3n) is 4.31. The minimum absolute atomic E-state index is 0.299. The lowest BCUT2D eigenvalue weighted by Crippen LogP contribution is -2.29. The van der Waals surface area contributed by atoms with Gasteiger partial charge >= 0.3 is 0 Å². The number of aromatic nitrogens is 1. The van der Waals surface area contributed by atoms with Crippen molar-refractivity contribution in [2.75, 3.05) is 12.0 Å². The summed E-state index contributed by atoms with van der Waals surface area (Å²) in [5.41, 5.74) is 2.49. The number of halogens is 1. The molecule has 0 saturated carbocycles. The van der Waals surface area contributed by atoms with Gasteiger partial charge in [0.2, 0.25) is 0 Å². The first kappa shape index (κ1) is 15.6. The van der Waals surface area contributed by atoms with Gasteiger partial charge in [0.25, 0.3) is 11.8 Å². The topological polar surface area (TPSA) is 59.5 Å². The zero-order valence-corrected chi connectivity index (χ0v) is 14.3. The van der Waals surface area contributed by atoms with Crippen LogP contribution >= 0.6 is 11.6 Å². The van der Waals surface area contributed by atoms with Crippen LogP contribution in [0.5, 0.6) is 5.75 Å². The summed E-state index contributed by atoms with van der Waals surface area (Å²) in [6.07, 6.45) is 0. The van der Waals surface area contributed by atoms with Crippen molar-refractivity contribution < 1.29 is 14.3 Å². The molecule has 1 aromatic heterocycles. The molecule has 0 radical (unpaired) electrons. The molecule has 0 aliphatic carbocycles. The van der Waals surface area contributed by atoms with Crippen molar-refractivity contribution in [3.05, 3.63) is 64.3 Å². The highest BCUT2D eigenvalue weighted by Gasteiger charge is 2.37. The maximum atomic E-state index is 12.8. The first-order chi connectivity index (χ1) is 12.0. The average molecular weight is 353 g/mol. The molecule has 2 heterocycles. The van der Waals surface area contributed by atoms with E-state index in [1.807, 2.05) is 13.0 Å². The summed E-state index contributed by atoms with van der Waals surface area (Å²) in [5.74, 6) is -0.226. The minimum atomic E-state index is -0.380. The summed E-state index contributed by atoms with van der Waals surface area (Å²) >= 11 is 6.11. The summed E-state index contributed by atoms with van der Waals surface area (Å²) in [6, 6.07) is 11.9. The second-order valence-electron chi connectivity index (χ2n) is 5.80. The Kier molecular flexibility index (Phi) is 3.47. The quantitative estimate of drug-likeness (QED) is 0.516. The van der Waals surface area contributed by atoms with Crippen LogP contribution in [0.1, 0.15) is 26.3 Å². The van der Waals surface area contributed by atoms with E-state index in [1.165, 1.54) is 7.11 Å². The van der Waals surface area contributed by atoms with E-state index in [0.29, 0.717) is 33.2 Å². The van der Waals surface area contributed by atoms with E-state index in [0.717, 1.165) is 15.8 Å². The number of aryl methyl sites for hydroxylation is 1. The number of imide groups is 1. The zero-order valence-electron chi connectivity index (χ0n) is 13.5. The average Bonchev–Trinajstić information content (AvgIpc) is 2.86. The molecule has 6 heteroatoms. The number of rotatable bonds is 2. The van der Waals surface area contributed by atoms with Gasteiger partial charge in [0.05, 0.1) is 29.4 Å². The zero-order chi connectivity index (χ0) is 17.7. The number of carbonyl (C=O) groups is 2. The summed E-state index contributed by atoms with van der Waals surface area (Å²) in [4.78, 5) is 31.1. The van der Waals surface area contributed by atoms with Crippen molar-refractivity contribution in [1.82, 2.24) is 4.98 Å². The number of carbonyl (C=O) groups excluding carboxylic acids is 2. The van der Waals surface area contributed by atoms with Crippen molar-refractivity contribution >= 4 is 40.0 Å². The smallest absolute Gasteiger partial charge is 0.266 e. The van der Waals surface area contributed by atoms with Gasteiger partial charge in [-0.1, -0.05) is 23.7 Å². The number of nitrogens with zero attached hydrogens (tertiary/aromatic N) is 2. The van der Waals surface area contributed by atoms with Gasteiger partial charge in [-0.2, -0.15) is 0 Å². The van der Waals surface area contributed by atoms with Crippen molar-refractivity contribution in [2.45, 2.75) is 6.92 Å². The third-order valence-corrected chi connectivity index (χ3v) is 4.51. The molecule has 0 saturated heterocycles. The Balaban J connectivity index is 2.02. The largest absolute Gasteiger partial charge is 0.497 e. The molecule has 0 unspecified atom stereocenters. The Labute approximate surface area is 148 Å². The summed E-state index contributed by atoms with van der Waals surface area (Å²) < 4.78 is 5.35. The number of hydrogen-bond acceptors (Lipinski definition) is 4. The van der Waals surface area contributed by atoms with E-state index in [-0.39, 0.29) is 11.8 Å². The molecule has 5 nitrogen and oxygen atoms in total. The molecule has 4 rings (SSSR count). The van der Waals surface area contributed by atoms with E-state index in [4.69, 9.17) is 16.3 Å². The SMILES string of the molecule is COc1cc(N2C(=O)c3ccccc3C2=O)c2nc(Cl)cc(C)c2c1. The van der Waals surface area contributed by atoms with Crippen LogP contribution in [0, 0.1) is 6.92 Å². The van der Waals surface area contributed by atoms with Gasteiger partial charge in [-0.05, 0) is 36.8 Å². The Bertz CT molecular complexity index is 1030. The fourth-order valence-corrected chi connectivity index (χ4v) is 3.35. The van der Waals surface area contributed by atoms with Crippen LogP contribution in [-0.4, -0.2) is 23.9 Å². The Morgan fingerprint density at radius 1 is 1.04 bits per heavy atom. The molecule has 1 aliphatic heterocycles. The highest BCUT2D eigenvalue weighted by Crippen LogP contribution is 2.37. The van der Waals surface area contributed by atoms with Crippen molar-refractivity contribution in [2.24, 2.45) is 0 Å². The molecule has 25 heavy (non-hydrogen) atoms. The van der Waals surface area contributed by atoms with Crippen LogP contribution in [0.25, 0.3) is 10.9 Å². The number of methoxy groups -OCH3 is 1. The number of fused-ring (bicyclic) bond motifs is 2. The highest BCUT2D eigenvalue weighted by molar-refractivity contribution is 6.36. The third kappa shape index (κ3) is 2.27.